The maximum atomic E-state index is 13.0. The molecule has 1 saturated heterocycles. The van der Waals surface area contributed by atoms with Gasteiger partial charge in [-0.3, -0.25) is 9.59 Å². The molecule has 1 aliphatic rings. The lowest BCUT2D eigenvalue weighted by molar-refractivity contribution is -0.139. The largest absolute Gasteiger partial charge is 0.507 e. The summed E-state index contributed by atoms with van der Waals surface area (Å²) in [6.07, 6.45) is 1.62. The Hall–Kier alpha value is -3.12. The van der Waals surface area contributed by atoms with Gasteiger partial charge in [0.2, 0.25) is 0 Å². The molecule has 31 heavy (non-hydrogen) atoms. The van der Waals surface area contributed by atoms with Crippen LogP contribution in [0.3, 0.4) is 0 Å². The van der Waals surface area contributed by atoms with Crippen molar-refractivity contribution in [1.82, 2.24) is 9.80 Å². The molecule has 0 radical (unpaired) electrons. The van der Waals surface area contributed by atoms with E-state index in [1.54, 1.807) is 29.2 Å². The number of hydrogen-bond acceptors (Lipinski definition) is 5. The number of carbonyl (C=O) groups excluding carboxylic acids is 2. The summed E-state index contributed by atoms with van der Waals surface area (Å²) in [5.74, 6) is -0.854. The van der Waals surface area contributed by atoms with Gasteiger partial charge in [0.25, 0.3) is 11.7 Å². The second kappa shape index (κ2) is 9.79. The van der Waals surface area contributed by atoms with E-state index < -0.39 is 17.7 Å². The highest BCUT2D eigenvalue weighted by molar-refractivity contribution is 6.46. The number of aryl methyl sites for hydroxylation is 1. The summed E-state index contributed by atoms with van der Waals surface area (Å²) in [6.45, 7) is 3.29. The van der Waals surface area contributed by atoms with Crippen LogP contribution in [0, 0.1) is 0 Å². The van der Waals surface area contributed by atoms with Crippen molar-refractivity contribution in [3.63, 3.8) is 0 Å². The first-order valence-electron chi connectivity index (χ1n) is 10.5. The smallest absolute Gasteiger partial charge is 0.295 e. The molecular weight excluding hydrogens is 392 g/mol. The highest BCUT2D eigenvalue weighted by Crippen LogP contribution is 2.39. The number of aliphatic hydroxyl groups is 1. The monoisotopic (exact) mass is 422 g/mol. The van der Waals surface area contributed by atoms with Crippen LogP contribution in [0.15, 0.2) is 54.1 Å². The molecule has 1 N–H and O–H groups in total. The van der Waals surface area contributed by atoms with E-state index in [0.29, 0.717) is 17.9 Å². The molecule has 0 aromatic heterocycles. The summed E-state index contributed by atoms with van der Waals surface area (Å²) < 4.78 is 5.25. The first-order valence-corrected chi connectivity index (χ1v) is 10.5. The number of aliphatic hydroxyl groups excluding tert-OH is 1. The minimum Gasteiger partial charge on any atom is -0.507 e. The van der Waals surface area contributed by atoms with Crippen molar-refractivity contribution in [2.24, 2.45) is 0 Å². The number of ether oxygens (including phenoxy) is 1. The number of benzene rings is 2. The number of likely N-dealkylation sites (tertiary alicyclic amines) is 1. The molecule has 1 aliphatic heterocycles. The zero-order valence-electron chi connectivity index (χ0n) is 18.6. The zero-order valence-corrected chi connectivity index (χ0v) is 18.6. The van der Waals surface area contributed by atoms with Gasteiger partial charge < -0.3 is 19.6 Å². The minimum absolute atomic E-state index is 0.118. The number of methoxy groups -OCH3 is 1. The van der Waals surface area contributed by atoms with Gasteiger partial charge in [-0.05, 0) is 56.7 Å². The molecule has 0 spiro atoms. The minimum atomic E-state index is -0.658. The predicted octanol–water partition coefficient (Wildman–Crippen LogP) is 3.63. The van der Waals surface area contributed by atoms with Crippen LogP contribution in [0.5, 0.6) is 5.75 Å². The van der Waals surface area contributed by atoms with E-state index in [1.807, 2.05) is 43.3 Å². The molecule has 0 aliphatic carbocycles. The molecule has 1 amide bonds. The Bertz CT molecular complexity index is 979. The number of rotatable bonds is 8. The van der Waals surface area contributed by atoms with Crippen molar-refractivity contribution < 1.29 is 19.4 Å². The molecule has 1 unspecified atom stereocenters. The Kier molecular flexibility index (Phi) is 7.13. The first kappa shape index (κ1) is 22.6. The maximum Gasteiger partial charge on any atom is 0.295 e. The van der Waals surface area contributed by atoms with Gasteiger partial charge in [-0.2, -0.15) is 0 Å². The van der Waals surface area contributed by atoms with Gasteiger partial charge in [0, 0.05) is 12.1 Å². The molecule has 0 bridgehead atoms. The second-order valence-electron chi connectivity index (χ2n) is 7.98. The fourth-order valence-electron chi connectivity index (χ4n) is 3.88. The average molecular weight is 423 g/mol. The van der Waals surface area contributed by atoms with E-state index in [4.69, 9.17) is 4.74 Å². The lowest BCUT2D eigenvalue weighted by Crippen LogP contribution is -2.32. The number of amides is 1. The fraction of sp³-hybridized carbons (Fsp3) is 0.360. The normalized spacial score (nSPS) is 18.1. The third kappa shape index (κ3) is 4.80. The third-order valence-corrected chi connectivity index (χ3v) is 5.59. The molecule has 1 atom stereocenters. The van der Waals surface area contributed by atoms with E-state index in [-0.39, 0.29) is 11.3 Å². The van der Waals surface area contributed by atoms with Crippen LogP contribution in [0.4, 0.5) is 0 Å². The molecule has 6 heteroatoms. The number of nitrogens with zero attached hydrogens (tertiary/aromatic N) is 2. The molecule has 2 aromatic carbocycles. The Labute approximate surface area is 183 Å². The van der Waals surface area contributed by atoms with Crippen LogP contribution in [-0.4, -0.2) is 60.9 Å². The van der Waals surface area contributed by atoms with Gasteiger partial charge in [-0.1, -0.05) is 43.3 Å². The second-order valence-corrected chi connectivity index (χ2v) is 7.98. The van der Waals surface area contributed by atoms with Crippen molar-refractivity contribution in [3.8, 4) is 5.75 Å². The van der Waals surface area contributed by atoms with Gasteiger partial charge in [-0.15, -0.1) is 0 Å². The van der Waals surface area contributed by atoms with Crippen molar-refractivity contribution in [2.45, 2.75) is 25.8 Å². The highest BCUT2D eigenvalue weighted by atomic mass is 16.5. The summed E-state index contributed by atoms with van der Waals surface area (Å²) in [4.78, 5) is 29.6. The van der Waals surface area contributed by atoms with Gasteiger partial charge in [0.1, 0.15) is 11.5 Å². The molecule has 6 nitrogen and oxygen atoms in total. The SMILES string of the molecule is CCc1ccc(C2/C(=C(\O)c3cccc(OC)c3)C(=O)C(=O)N2CCCN(C)C)cc1. The lowest BCUT2D eigenvalue weighted by Gasteiger charge is -2.26. The van der Waals surface area contributed by atoms with Crippen LogP contribution in [0.2, 0.25) is 0 Å². The van der Waals surface area contributed by atoms with Crippen LogP contribution >= 0.6 is 0 Å². The number of Topliss-reactive ketones (excluding diaryl/α,β-unsaturated/α-hetero) is 1. The summed E-state index contributed by atoms with van der Waals surface area (Å²) in [5, 5.41) is 11.1. The molecule has 3 rings (SSSR count). The summed E-state index contributed by atoms with van der Waals surface area (Å²) in [6, 6.07) is 14.1. The van der Waals surface area contributed by atoms with E-state index in [0.717, 1.165) is 24.9 Å². The summed E-state index contributed by atoms with van der Waals surface area (Å²) >= 11 is 0. The Morgan fingerprint density at radius 2 is 1.84 bits per heavy atom. The topological polar surface area (TPSA) is 70.1 Å². The standard InChI is InChI=1S/C25H30N2O4/c1-5-17-10-12-18(13-11-17)22-21(23(28)19-8-6-9-20(16-19)31-4)24(29)25(30)27(22)15-7-14-26(2)3/h6,8-13,16,22,28H,5,7,14-15H2,1-4H3/b23-21+. The van der Waals surface area contributed by atoms with Gasteiger partial charge in [-0.25, -0.2) is 0 Å². The van der Waals surface area contributed by atoms with Gasteiger partial charge in [0.05, 0.1) is 18.7 Å². The van der Waals surface area contributed by atoms with E-state index in [2.05, 4.69) is 6.92 Å². The van der Waals surface area contributed by atoms with Crippen molar-refractivity contribution in [2.75, 3.05) is 34.3 Å². The molecule has 164 valence electrons. The highest BCUT2D eigenvalue weighted by Gasteiger charge is 2.45. The predicted molar refractivity (Wildman–Crippen MR) is 121 cm³/mol. The molecule has 1 heterocycles. The van der Waals surface area contributed by atoms with E-state index in [9.17, 15) is 14.7 Å². The van der Waals surface area contributed by atoms with Crippen LogP contribution in [0.1, 0.15) is 36.1 Å². The molecule has 1 fully saturated rings. The quantitative estimate of drug-likeness (QED) is 0.400. The van der Waals surface area contributed by atoms with Crippen molar-refractivity contribution in [3.05, 3.63) is 70.8 Å². The Balaban J connectivity index is 2.09. The van der Waals surface area contributed by atoms with Crippen molar-refractivity contribution >= 4 is 17.4 Å². The van der Waals surface area contributed by atoms with E-state index >= 15 is 0 Å². The number of ketones is 1. The summed E-state index contributed by atoms with van der Waals surface area (Å²) in [7, 11) is 5.48. The number of carbonyl (C=O) groups is 2. The lowest BCUT2D eigenvalue weighted by atomic mass is 9.94. The van der Waals surface area contributed by atoms with E-state index in [1.165, 1.54) is 12.7 Å². The molecular formula is C25H30N2O4. The average Bonchev–Trinajstić information content (AvgIpc) is 3.03. The van der Waals surface area contributed by atoms with Gasteiger partial charge >= 0.3 is 0 Å². The Morgan fingerprint density at radius 1 is 1.13 bits per heavy atom. The third-order valence-electron chi connectivity index (χ3n) is 5.59. The zero-order chi connectivity index (χ0) is 22.5. The Morgan fingerprint density at radius 3 is 2.45 bits per heavy atom. The number of hydrogen-bond donors (Lipinski definition) is 1. The van der Waals surface area contributed by atoms with Crippen LogP contribution < -0.4 is 4.74 Å². The molecule has 0 saturated carbocycles. The fourth-order valence-corrected chi connectivity index (χ4v) is 3.88. The summed E-state index contributed by atoms with van der Waals surface area (Å²) in [5.41, 5.74) is 2.54. The maximum absolute atomic E-state index is 13.0. The van der Waals surface area contributed by atoms with Crippen LogP contribution in [-0.2, 0) is 16.0 Å². The molecule has 2 aromatic rings. The van der Waals surface area contributed by atoms with Crippen LogP contribution in [0.25, 0.3) is 5.76 Å². The van der Waals surface area contributed by atoms with Gasteiger partial charge in [0.15, 0.2) is 0 Å². The van der Waals surface area contributed by atoms with Crippen molar-refractivity contribution in [1.29, 1.82) is 0 Å². The first-order chi connectivity index (χ1) is 14.9.